The highest BCUT2D eigenvalue weighted by Crippen LogP contribution is 2.22. The molecule has 0 saturated carbocycles. The zero-order valence-electron chi connectivity index (χ0n) is 13.0. The second-order valence-corrected chi connectivity index (χ2v) is 7.45. The van der Waals surface area contributed by atoms with Crippen molar-refractivity contribution in [1.82, 2.24) is 19.3 Å². The van der Waals surface area contributed by atoms with Gasteiger partial charge < -0.3 is 4.74 Å². The third-order valence-electron chi connectivity index (χ3n) is 3.61. The Balaban J connectivity index is 1.71. The van der Waals surface area contributed by atoms with Crippen LogP contribution < -0.4 is 4.74 Å². The van der Waals surface area contributed by atoms with E-state index in [4.69, 9.17) is 4.74 Å². The molecule has 23 heavy (non-hydrogen) atoms. The monoisotopic (exact) mass is 334 g/mol. The molecule has 0 N–H and O–H groups in total. The highest BCUT2D eigenvalue weighted by Gasteiger charge is 2.34. The van der Waals surface area contributed by atoms with Crippen molar-refractivity contribution in [2.75, 3.05) is 13.1 Å². The zero-order chi connectivity index (χ0) is 16.4. The lowest BCUT2D eigenvalue weighted by molar-refractivity contribution is 0.197. The summed E-state index contributed by atoms with van der Waals surface area (Å²) in [6.45, 7) is 4.44. The molecule has 1 aliphatic heterocycles. The largest absolute Gasteiger partial charge is 0.459 e. The van der Waals surface area contributed by atoms with Crippen LogP contribution >= 0.6 is 0 Å². The predicted octanol–water partition coefficient (Wildman–Crippen LogP) is 1.33. The Morgan fingerprint density at radius 1 is 1.26 bits per heavy atom. The minimum Gasteiger partial charge on any atom is -0.459 e. The van der Waals surface area contributed by atoms with Gasteiger partial charge in [0.25, 0.3) is 0 Å². The number of nitrogens with zero attached hydrogens (tertiary/aromatic N) is 4. The van der Waals surface area contributed by atoms with Crippen molar-refractivity contribution in [2.45, 2.75) is 31.3 Å². The van der Waals surface area contributed by atoms with Gasteiger partial charge in [0.2, 0.25) is 10.0 Å². The standard InChI is InChI=1S/C15H18N4O3S/c1-11-8-12(2)18-15(17-11)22-13-5-7-19(10-13)23(20,21)14-4-3-6-16-9-14/h3-4,6,8-9,13H,5,7,10H2,1-2H3. The van der Waals surface area contributed by atoms with Crippen molar-refractivity contribution in [1.29, 1.82) is 0 Å². The van der Waals surface area contributed by atoms with Crippen LogP contribution in [0.3, 0.4) is 0 Å². The first-order valence-corrected chi connectivity index (χ1v) is 8.78. The van der Waals surface area contributed by atoms with E-state index in [9.17, 15) is 8.42 Å². The first-order chi connectivity index (χ1) is 10.9. The van der Waals surface area contributed by atoms with Gasteiger partial charge in [-0.25, -0.2) is 18.4 Å². The molecule has 2 aromatic heterocycles. The van der Waals surface area contributed by atoms with Crippen LogP contribution in [0.5, 0.6) is 6.01 Å². The molecule has 1 aliphatic rings. The maximum absolute atomic E-state index is 12.5. The van der Waals surface area contributed by atoms with Gasteiger partial charge in [-0.05, 0) is 38.5 Å². The van der Waals surface area contributed by atoms with E-state index in [1.54, 1.807) is 18.3 Å². The highest BCUT2D eigenvalue weighted by atomic mass is 32.2. The van der Waals surface area contributed by atoms with Crippen molar-refractivity contribution in [3.8, 4) is 6.01 Å². The fourth-order valence-corrected chi connectivity index (χ4v) is 4.01. The van der Waals surface area contributed by atoms with Gasteiger partial charge in [-0.2, -0.15) is 4.31 Å². The van der Waals surface area contributed by atoms with Crippen molar-refractivity contribution in [3.63, 3.8) is 0 Å². The smallest absolute Gasteiger partial charge is 0.317 e. The van der Waals surface area contributed by atoms with Crippen LogP contribution in [0.25, 0.3) is 0 Å². The number of hydrogen-bond donors (Lipinski definition) is 0. The molecule has 7 nitrogen and oxygen atoms in total. The Morgan fingerprint density at radius 2 is 2.00 bits per heavy atom. The molecule has 3 rings (SSSR count). The van der Waals surface area contributed by atoms with Gasteiger partial charge in [0.1, 0.15) is 11.0 Å². The summed E-state index contributed by atoms with van der Waals surface area (Å²) < 4.78 is 32.2. The van der Waals surface area contributed by atoms with Crippen LogP contribution in [-0.2, 0) is 10.0 Å². The van der Waals surface area contributed by atoms with Crippen molar-refractivity contribution in [2.24, 2.45) is 0 Å². The Morgan fingerprint density at radius 3 is 2.65 bits per heavy atom. The lowest BCUT2D eigenvalue weighted by atomic mass is 10.3. The fraction of sp³-hybridized carbons (Fsp3) is 0.400. The molecule has 0 spiro atoms. The molecule has 1 unspecified atom stereocenters. The van der Waals surface area contributed by atoms with E-state index in [0.717, 1.165) is 11.4 Å². The highest BCUT2D eigenvalue weighted by molar-refractivity contribution is 7.89. The molecule has 8 heteroatoms. The van der Waals surface area contributed by atoms with E-state index < -0.39 is 10.0 Å². The van der Waals surface area contributed by atoms with Gasteiger partial charge in [0, 0.05) is 30.3 Å². The molecule has 1 atom stereocenters. The SMILES string of the molecule is Cc1cc(C)nc(OC2CCN(S(=O)(=O)c3cccnc3)C2)n1. The van der Waals surface area contributed by atoms with E-state index in [-0.39, 0.29) is 17.5 Å². The summed E-state index contributed by atoms with van der Waals surface area (Å²) in [4.78, 5) is 12.5. The Bertz CT molecular complexity index is 775. The second-order valence-electron chi connectivity index (χ2n) is 5.51. The number of aryl methyl sites for hydroxylation is 2. The minimum absolute atomic E-state index is 0.198. The maximum Gasteiger partial charge on any atom is 0.317 e. The lowest BCUT2D eigenvalue weighted by Crippen LogP contribution is -2.31. The summed E-state index contributed by atoms with van der Waals surface area (Å²) in [6.07, 6.45) is 3.27. The van der Waals surface area contributed by atoms with Crippen molar-refractivity contribution in [3.05, 3.63) is 42.0 Å². The van der Waals surface area contributed by atoms with Gasteiger partial charge in [0.05, 0.1) is 6.54 Å². The minimum atomic E-state index is -3.53. The maximum atomic E-state index is 12.5. The first kappa shape index (κ1) is 15.8. The third-order valence-corrected chi connectivity index (χ3v) is 5.46. The fourth-order valence-electron chi connectivity index (χ4n) is 2.56. The van der Waals surface area contributed by atoms with Crippen LogP contribution in [0, 0.1) is 13.8 Å². The normalized spacial score (nSPS) is 19.0. The Kier molecular flexibility index (Phi) is 4.27. The summed E-state index contributed by atoms with van der Waals surface area (Å²) in [7, 11) is -3.53. The summed E-state index contributed by atoms with van der Waals surface area (Å²) in [5.41, 5.74) is 1.65. The lowest BCUT2D eigenvalue weighted by Gasteiger charge is -2.16. The van der Waals surface area contributed by atoms with E-state index in [2.05, 4.69) is 15.0 Å². The first-order valence-electron chi connectivity index (χ1n) is 7.34. The number of rotatable bonds is 4. The molecular formula is C15H18N4O3S. The van der Waals surface area contributed by atoms with Gasteiger partial charge in [-0.1, -0.05) is 0 Å². The molecule has 0 radical (unpaired) electrons. The molecule has 3 heterocycles. The average Bonchev–Trinajstić information content (AvgIpc) is 2.96. The molecule has 0 aliphatic carbocycles. The molecule has 0 amide bonds. The van der Waals surface area contributed by atoms with Gasteiger partial charge in [-0.15, -0.1) is 0 Å². The number of aromatic nitrogens is 3. The predicted molar refractivity (Wildman–Crippen MR) is 83.5 cm³/mol. The molecule has 122 valence electrons. The second kappa shape index (κ2) is 6.21. The third kappa shape index (κ3) is 3.48. The van der Waals surface area contributed by atoms with Crippen LogP contribution in [0.2, 0.25) is 0 Å². The topological polar surface area (TPSA) is 85.3 Å². The number of sulfonamides is 1. The molecule has 2 aromatic rings. The Labute approximate surface area is 135 Å². The molecule has 0 bridgehead atoms. The van der Waals surface area contributed by atoms with Crippen molar-refractivity contribution >= 4 is 10.0 Å². The van der Waals surface area contributed by atoms with Crippen molar-refractivity contribution < 1.29 is 13.2 Å². The zero-order valence-corrected chi connectivity index (χ0v) is 13.8. The van der Waals surface area contributed by atoms with E-state index in [1.165, 1.54) is 10.5 Å². The molecule has 1 fully saturated rings. The van der Waals surface area contributed by atoms with Crippen LogP contribution in [0.15, 0.2) is 35.5 Å². The van der Waals surface area contributed by atoms with Gasteiger partial charge in [0.15, 0.2) is 0 Å². The van der Waals surface area contributed by atoms with Crippen LogP contribution in [0.4, 0.5) is 0 Å². The number of ether oxygens (including phenoxy) is 1. The van der Waals surface area contributed by atoms with Crippen LogP contribution in [-0.4, -0.2) is 46.9 Å². The Hall–Kier alpha value is -2.06. The average molecular weight is 334 g/mol. The van der Waals surface area contributed by atoms with E-state index in [1.807, 2.05) is 19.9 Å². The van der Waals surface area contributed by atoms with E-state index >= 15 is 0 Å². The summed E-state index contributed by atoms with van der Waals surface area (Å²) in [6, 6.07) is 5.32. The quantitative estimate of drug-likeness (QED) is 0.838. The number of pyridine rings is 1. The van der Waals surface area contributed by atoms with E-state index in [0.29, 0.717) is 19.0 Å². The van der Waals surface area contributed by atoms with Crippen LogP contribution in [0.1, 0.15) is 17.8 Å². The summed E-state index contributed by atoms with van der Waals surface area (Å²) in [5.74, 6) is 0. The molecule has 0 aromatic carbocycles. The summed E-state index contributed by atoms with van der Waals surface area (Å²) in [5, 5.41) is 0. The van der Waals surface area contributed by atoms with Gasteiger partial charge >= 0.3 is 6.01 Å². The number of hydrogen-bond acceptors (Lipinski definition) is 6. The summed E-state index contributed by atoms with van der Waals surface area (Å²) >= 11 is 0. The molecule has 1 saturated heterocycles. The molecular weight excluding hydrogens is 316 g/mol. The van der Waals surface area contributed by atoms with Gasteiger partial charge in [-0.3, -0.25) is 4.98 Å².